The molecule has 0 aromatic rings. The van der Waals surface area contributed by atoms with E-state index in [-0.39, 0.29) is 12.0 Å². The SMILES string of the molecule is CCCC1(C(=O)N2CCCN(CCO)CC2)CCCNC1. The molecule has 21 heavy (non-hydrogen) atoms. The highest BCUT2D eigenvalue weighted by atomic mass is 16.3. The van der Waals surface area contributed by atoms with Crippen molar-refractivity contribution >= 4 is 5.91 Å². The first-order valence-corrected chi connectivity index (χ1v) is 8.55. The van der Waals surface area contributed by atoms with Crippen molar-refractivity contribution in [1.29, 1.82) is 0 Å². The Morgan fingerprint density at radius 3 is 2.76 bits per heavy atom. The van der Waals surface area contributed by atoms with E-state index in [9.17, 15) is 4.79 Å². The lowest BCUT2D eigenvalue weighted by molar-refractivity contribution is -0.143. The Morgan fingerprint density at radius 2 is 2.10 bits per heavy atom. The van der Waals surface area contributed by atoms with Gasteiger partial charge in [0.25, 0.3) is 0 Å². The second kappa shape index (κ2) is 8.11. The number of piperidine rings is 1. The summed E-state index contributed by atoms with van der Waals surface area (Å²) in [6.45, 7) is 8.55. The molecule has 5 nitrogen and oxygen atoms in total. The van der Waals surface area contributed by atoms with E-state index in [0.29, 0.717) is 5.91 Å². The van der Waals surface area contributed by atoms with E-state index >= 15 is 0 Å². The maximum atomic E-state index is 13.1. The molecule has 2 heterocycles. The number of hydrogen-bond acceptors (Lipinski definition) is 4. The van der Waals surface area contributed by atoms with Gasteiger partial charge in [0.05, 0.1) is 12.0 Å². The Hall–Kier alpha value is -0.650. The first-order chi connectivity index (χ1) is 10.2. The summed E-state index contributed by atoms with van der Waals surface area (Å²) in [6, 6.07) is 0. The second-order valence-electron chi connectivity index (χ2n) is 6.52. The van der Waals surface area contributed by atoms with Gasteiger partial charge in [0.1, 0.15) is 0 Å². The third-order valence-corrected chi connectivity index (χ3v) is 4.95. The van der Waals surface area contributed by atoms with Crippen LogP contribution >= 0.6 is 0 Å². The van der Waals surface area contributed by atoms with Gasteiger partial charge in [0.15, 0.2) is 0 Å². The van der Waals surface area contributed by atoms with E-state index in [1.165, 1.54) is 0 Å². The number of aliphatic hydroxyl groups is 1. The van der Waals surface area contributed by atoms with Gasteiger partial charge >= 0.3 is 0 Å². The summed E-state index contributed by atoms with van der Waals surface area (Å²) in [5.41, 5.74) is -0.168. The van der Waals surface area contributed by atoms with E-state index in [0.717, 1.165) is 77.9 Å². The maximum Gasteiger partial charge on any atom is 0.230 e. The Labute approximate surface area is 128 Å². The van der Waals surface area contributed by atoms with Gasteiger partial charge in [-0.1, -0.05) is 13.3 Å². The molecular formula is C16H31N3O2. The smallest absolute Gasteiger partial charge is 0.230 e. The minimum Gasteiger partial charge on any atom is -0.395 e. The van der Waals surface area contributed by atoms with Crippen LogP contribution in [0.15, 0.2) is 0 Å². The number of aliphatic hydroxyl groups excluding tert-OH is 1. The Bertz CT molecular complexity index is 324. The highest BCUT2D eigenvalue weighted by Crippen LogP contribution is 2.34. The minimum absolute atomic E-state index is 0.168. The molecule has 2 aliphatic rings. The highest BCUT2D eigenvalue weighted by Gasteiger charge is 2.41. The zero-order chi connectivity index (χ0) is 15.1. The zero-order valence-corrected chi connectivity index (χ0v) is 13.4. The summed E-state index contributed by atoms with van der Waals surface area (Å²) >= 11 is 0. The highest BCUT2D eigenvalue weighted by molar-refractivity contribution is 5.83. The van der Waals surface area contributed by atoms with Crippen LogP contribution in [0.2, 0.25) is 0 Å². The third-order valence-electron chi connectivity index (χ3n) is 4.95. The molecule has 0 saturated carbocycles. The molecule has 0 bridgehead atoms. The number of amides is 1. The van der Waals surface area contributed by atoms with Gasteiger partial charge in [-0.25, -0.2) is 0 Å². The first-order valence-electron chi connectivity index (χ1n) is 8.55. The van der Waals surface area contributed by atoms with Crippen molar-refractivity contribution in [2.24, 2.45) is 5.41 Å². The van der Waals surface area contributed by atoms with E-state index in [2.05, 4.69) is 22.0 Å². The number of nitrogens with one attached hydrogen (secondary N) is 1. The van der Waals surface area contributed by atoms with Crippen LogP contribution in [-0.2, 0) is 4.79 Å². The molecule has 2 aliphatic heterocycles. The lowest BCUT2D eigenvalue weighted by Crippen LogP contribution is -2.52. The summed E-state index contributed by atoms with van der Waals surface area (Å²) in [7, 11) is 0. The molecule has 0 aromatic carbocycles. The third kappa shape index (κ3) is 4.18. The van der Waals surface area contributed by atoms with E-state index in [4.69, 9.17) is 5.11 Å². The fraction of sp³-hybridized carbons (Fsp3) is 0.938. The average molecular weight is 297 g/mol. The molecule has 122 valence electrons. The first kappa shape index (κ1) is 16.7. The van der Waals surface area contributed by atoms with Crippen LogP contribution in [0.25, 0.3) is 0 Å². The Morgan fingerprint density at radius 1 is 1.24 bits per heavy atom. The lowest BCUT2D eigenvalue weighted by Gasteiger charge is -2.40. The van der Waals surface area contributed by atoms with Crippen molar-refractivity contribution in [2.45, 2.75) is 39.0 Å². The predicted octanol–water partition coefficient (Wildman–Crippen LogP) is 0.683. The number of carbonyl (C=O) groups is 1. The largest absolute Gasteiger partial charge is 0.395 e. The number of carbonyl (C=O) groups excluding carboxylic acids is 1. The van der Waals surface area contributed by atoms with Crippen molar-refractivity contribution < 1.29 is 9.90 Å². The molecule has 2 rings (SSSR count). The van der Waals surface area contributed by atoms with E-state index < -0.39 is 0 Å². The Kier molecular flexibility index (Phi) is 6.45. The van der Waals surface area contributed by atoms with Crippen LogP contribution in [0.4, 0.5) is 0 Å². The van der Waals surface area contributed by atoms with Crippen molar-refractivity contribution in [3.8, 4) is 0 Å². The molecule has 1 unspecified atom stereocenters. The molecule has 2 fully saturated rings. The molecular weight excluding hydrogens is 266 g/mol. The van der Waals surface area contributed by atoms with Gasteiger partial charge < -0.3 is 15.3 Å². The van der Waals surface area contributed by atoms with Gasteiger partial charge in [-0.3, -0.25) is 9.69 Å². The van der Waals surface area contributed by atoms with E-state index in [1.807, 2.05) is 0 Å². The van der Waals surface area contributed by atoms with Gasteiger partial charge in [-0.15, -0.1) is 0 Å². The number of nitrogens with zero attached hydrogens (tertiary/aromatic N) is 2. The standard InChI is InChI=1S/C16H31N3O2/c1-2-5-16(6-3-7-17-14-16)15(21)19-9-4-8-18(10-11-19)12-13-20/h17,20H,2-14H2,1H3. The molecule has 1 atom stereocenters. The van der Waals surface area contributed by atoms with Gasteiger partial charge in [-0.05, 0) is 38.8 Å². The fourth-order valence-electron chi connectivity index (χ4n) is 3.82. The maximum absolute atomic E-state index is 13.1. The molecule has 0 spiro atoms. The van der Waals surface area contributed by atoms with Crippen molar-refractivity contribution in [1.82, 2.24) is 15.1 Å². The molecule has 0 radical (unpaired) electrons. The Balaban J connectivity index is 1.99. The monoisotopic (exact) mass is 297 g/mol. The van der Waals surface area contributed by atoms with Crippen LogP contribution in [0, 0.1) is 5.41 Å². The van der Waals surface area contributed by atoms with Crippen molar-refractivity contribution in [3.05, 3.63) is 0 Å². The van der Waals surface area contributed by atoms with Crippen LogP contribution < -0.4 is 5.32 Å². The topological polar surface area (TPSA) is 55.8 Å². The molecule has 0 aliphatic carbocycles. The summed E-state index contributed by atoms with van der Waals surface area (Å²) in [4.78, 5) is 17.4. The predicted molar refractivity (Wildman–Crippen MR) is 84.2 cm³/mol. The molecule has 2 N–H and O–H groups in total. The van der Waals surface area contributed by atoms with Crippen molar-refractivity contribution in [2.75, 3.05) is 52.4 Å². The summed E-state index contributed by atoms with van der Waals surface area (Å²) in [6.07, 6.45) is 5.22. The summed E-state index contributed by atoms with van der Waals surface area (Å²) in [5.74, 6) is 0.363. The molecule has 5 heteroatoms. The second-order valence-corrected chi connectivity index (χ2v) is 6.52. The lowest BCUT2D eigenvalue weighted by atomic mass is 9.75. The summed E-state index contributed by atoms with van der Waals surface area (Å²) in [5, 5.41) is 12.5. The van der Waals surface area contributed by atoms with Crippen LogP contribution in [0.3, 0.4) is 0 Å². The molecule has 2 saturated heterocycles. The zero-order valence-electron chi connectivity index (χ0n) is 13.4. The normalized spacial score (nSPS) is 28.4. The fourth-order valence-corrected chi connectivity index (χ4v) is 3.82. The van der Waals surface area contributed by atoms with Crippen LogP contribution in [-0.4, -0.2) is 73.2 Å². The number of rotatable bonds is 5. The van der Waals surface area contributed by atoms with Crippen LogP contribution in [0.5, 0.6) is 0 Å². The van der Waals surface area contributed by atoms with Gasteiger partial charge in [0.2, 0.25) is 5.91 Å². The average Bonchev–Trinajstić information content (AvgIpc) is 2.74. The number of hydrogen-bond donors (Lipinski definition) is 2. The molecule has 0 aromatic heterocycles. The van der Waals surface area contributed by atoms with E-state index in [1.54, 1.807) is 0 Å². The number of β-amino-alcohol motifs (C(OH)–C–C–N with tert-alkyl or cyclic N) is 1. The van der Waals surface area contributed by atoms with Gasteiger partial charge in [-0.2, -0.15) is 0 Å². The van der Waals surface area contributed by atoms with Gasteiger partial charge in [0, 0.05) is 32.7 Å². The molecule has 1 amide bonds. The quantitative estimate of drug-likeness (QED) is 0.784. The van der Waals surface area contributed by atoms with Crippen LogP contribution in [0.1, 0.15) is 39.0 Å². The van der Waals surface area contributed by atoms with Crippen molar-refractivity contribution in [3.63, 3.8) is 0 Å². The minimum atomic E-state index is -0.168. The summed E-state index contributed by atoms with van der Waals surface area (Å²) < 4.78 is 0.